The highest BCUT2D eigenvalue weighted by atomic mass is 35.5. The monoisotopic (exact) mass is 235 g/mol. The Bertz CT molecular complexity index is 498. The van der Waals surface area contributed by atoms with E-state index in [1.807, 2.05) is 30.3 Å². The first-order valence-electron chi connectivity index (χ1n) is 4.21. The van der Waals surface area contributed by atoms with Crippen molar-refractivity contribution in [2.24, 2.45) is 0 Å². The predicted octanol–water partition coefficient (Wildman–Crippen LogP) is 3.96. The minimum absolute atomic E-state index is 0.325. The second-order valence-corrected chi connectivity index (χ2v) is 4.30. The van der Waals surface area contributed by atoms with E-state index >= 15 is 0 Å². The largest absolute Gasteiger partial charge is 0.439 e. The Balaban J connectivity index is 2.15. The molecule has 0 aliphatic rings. The van der Waals surface area contributed by atoms with Gasteiger partial charge >= 0.3 is 0 Å². The number of hydrogen-bond donors (Lipinski definition) is 0. The summed E-state index contributed by atoms with van der Waals surface area (Å²) in [5.74, 6) is 0.325. The number of nitrogens with zero attached hydrogens (tertiary/aromatic N) is 1. The standard InChI is InChI=1S/C11H6ClNOS/c12-8-1-4-10(5-2-8)15-11-6-3-9(7-13)14-11/h1-6H. The summed E-state index contributed by atoms with van der Waals surface area (Å²) in [5, 5.41) is 9.99. The molecule has 1 heterocycles. The maximum absolute atomic E-state index is 8.58. The van der Waals surface area contributed by atoms with Crippen molar-refractivity contribution in [2.45, 2.75) is 9.99 Å². The molecule has 0 saturated carbocycles. The number of rotatable bonds is 2. The van der Waals surface area contributed by atoms with Crippen molar-refractivity contribution < 1.29 is 4.42 Å². The van der Waals surface area contributed by atoms with Gasteiger partial charge in [0.1, 0.15) is 6.07 Å². The van der Waals surface area contributed by atoms with Crippen LogP contribution in [0.5, 0.6) is 0 Å². The molecule has 0 atom stereocenters. The SMILES string of the molecule is N#Cc1ccc(Sc2ccc(Cl)cc2)o1. The normalized spacial score (nSPS) is 9.87. The van der Waals surface area contributed by atoms with Gasteiger partial charge in [-0.25, -0.2) is 0 Å². The molecule has 0 amide bonds. The molecule has 1 aromatic carbocycles. The van der Waals surface area contributed by atoms with Gasteiger partial charge in [-0.3, -0.25) is 0 Å². The van der Waals surface area contributed by atoms with E-state index in [9.17, 15) is 0 Å². The van der Waals surface area contributed by atoms with Gasteiger partial charge < -0.3 is 4.42 Å². The third-order valence-electron chi connectivity index (χ3n) is 1.72. The lowest BCUT2D eigenvalue weighted by molar-refractivity contribution is 0.463. The summed E-state index contributed by atoms with van der Waals surface area (Å²) in [5.41, 5.74) is 0. The summed E-state index contributed by atoms with van der Waals surface area (Å²) in [6.45, 7) is 0. The van der Waals surface area contributed by atoms with Crippen LogP contribution < -0.4 is 0 Å². The van der Waals surface area contributed by atoms with Gasteiger partial charge in [-0.1, -0.05) is 23.4 Å². The van der Waals surface area contributed by atoms with Crippen LogP contribution in [0.3, 0.4) is 0 Å². The van der Waals surface area contributed by atoms with E-state index in [1.54, 1.807) is 12.1 Å². The number of hydrogen-bond acceptors (Lipinski definition) is 3. The lowest BCUT2D eigenvalue weighted by Gasteiger charge is -1.96. The van der Waals surface area contributed by atoms with Crippen LogP contribution in [0.15, 0.2) is 50.8 Å². The van der Waals surface area contributed by atoms with E-state index in [1.165, 1.54) is 11.8 Å². The Hall–Kier alpha value is -1.37. The minimum Gasteiger partial charge on any atom is -0.439 e. The zero-order valence-corrected chi connectivity index (χ0v) is 9.18. The quantitative estimate of drug-likeness (QED) is 0.791. The first kappa shape index (κ1) is 10.2. The lowest BCUT2D eigenvalue weighted by atomic mass is 10.4. The maximum atomic E-state index is 8.58. The predicted molar refractivity (Wildman–Crippen MR) is 59.0 cm³/mol. The number of halogens is 1. The smallest absolute Gasteiger partial charge is 0.204 e. The molecule has 0 saturated heterocycles. The van der Waals surface area contributed by atoms with Crippen molar-refractivity contribution in [1.82, 2.24) is 0 Å². The molecule has 0 aliphatic carbocycles. The summed E-state index contributed by atoms with van der Waals surface area (Å²) in [7, 11) is 0. The number of furan rings is 1. The maximum Gasteiger partial charge on any atom is 0.204 e. The summed E-state index contributed by atoms with van der Waals surface area (Å²) < 4.78 is 5.24. The van der Waals surface area contributed by atoms with Crippen molar-refractivity contribution in [2.75, 3.05) is 0 Å². The molecule has 2 aromatic rings. The minimum atomic E-state index is 0.325. The van der Waals surface area contributed by atoms with Crippen molar-refractivity contribution in [3.05, 3.63) is 47.2 Å². The lowest BCUT2D eigenvalue weighted by Crippen LogP contribution is -1.69. The second-order valence-electron chi connectivity index (χ2n) is 2.79. The second kappa shape index (κ2) is 4.43. The van der Waals surface area contributed by atoms with Gasteiger partial charge in [0, 0.05) is 9.92 Å². The highest BCUT2D eigenvalue weighted by Gasteiger charge is 2.03. The van der Waals surface area contributed by atoms with Crippen LogP contribution >= 0.6 is 23.4 Å². The van der Waals surface area contributed by atoms with E-state index in [4.69, 9.17) is 21.3 Å². The third-order valence-corrected chi connectivity index (χ3v) is 2.90. The van der Waals surface area contributed by atoms with E-state index < -0.39 is 0 Å². The molecular formula is C11H6ClNOS. The molecule has 4 heteroatoms. The molecule has 15 heavy (non-hydrogen) atoms. The fourth-order valence-corrected chi connectivity index (χ4v) is 1.95. The Morgan fingerprint density at radius 3 is 2.47 bits per heavy atom. The van der Waals surface area contributed by atoms with Crippen LogP contribution in [0.4, 0.5) is 0 Å². The molecule has 0 spiro atoms. The first-order chi connectivity index (χ1) is 7.28. The highest BCUT2D eigenvalue weighted by Crippen LogP contribution is 2.29. The van der Waals surface area contributed by atoms with Crippen LogP contribution in [0.1, 0.15) is 5.76 Å². The third kappa shape index (κ3) is 2.56. The van der Waals surface area contributed by atoms with Crippen molar-refractivity contribution in [3.8, 4) is 6.07 Å². The summed E-state index contributed by atoms with van der Waals surface area (Å²) >= 11 is 7.22. The molecule has 2 nitrogen and oxygen atoms in total. The average molecular weight is 236 g/mol. The molecule has 2 rings (SSSR count). The van der Waals surface area contributed by atoms with Gasteiger partial charge in [0.2, 0.25) is 5.76 Å². The van der Waals surface area contributed by atoms with Gasteiger partial charge in [-0.05, 0) is 36.4 Å². The van der Waals surface area contributed by atoms with Gasteiger partial charge in [0.15, 0.2) is 5.09 Å². The Labute approximate surface area is 96.5 Å². The van der Waals surface area contributed by atoms with E-state index in [0.29, 0.717) is 15.9 Å². The molecule has 0 N–H and O–H groups in total. The van der Waals surface area contributed by atoms with Gasteiger partial charge in [0.25, 0.3) is 0 Å². The van der Waals surface area contributed by atoms with Crippen molar-refractivity contribution in [1.29, 1.82) is 5.26 Å². The molecule has 0 aliphatic heterocycles. The van der Waals surface area contributed by atoms with Crippen LogP contribution in [0, 0.1) is 11.3 Å². The van der Waals surface area contributed by atoms with Crippen molar-refractivity contribution in [3.63, 3.8) is 0 Å². The average Bonchev–Trinajstić information content (AvgIpc) is 2.69. The number of nitriles is 1. The molecule has 0 radical (unpaired) electrons. The summed E-state index contributed by atoms with van der Waals surface area (Å²) in [6.07, 6.45) is 0. The zero-order valence-electron chi connectivity index (χ0n) is 7.61. The Morgan fingerprint density at radius 1 is 1.13 bits per heavy atom. The van der Waals surface area contributed by atoms with Crippen LogP contribution in [-0.2, 0) is 0 Å². The molecule has 0 fully saturated rings. The summed E-state index contributed by atoms with van der Waals surface area (Å²) in [6, 6.07) is 12.8. The van der Waals surface area contributed by atoms with Crippen LogP contribution in [0.25, 0.3) is 0 Å². The molecule has 74 valence electrons. The van der Waals surface area contributed by atoms with E-state index in [2.05, 4.69) is 0 Å². The Kier molecular flexibility index (Phi) is 3.00. The van der Waals surface area contributed by atoms with Crippen LogP contribution in [-0.4, -0.2) is 0 Å². The van der Waals surface area contributed by atoms with Gasteiger partial charge in [0.05, 0.1) is 0 Å². The molecule has 1 aromatic heterocycles. The topological polar surface area (TPSA) is 36.9 Å². The molecular weight excluding hydrogens is 230 g/mol. The fraction of sp³-hybridized carbons (Fsp3) is 0. The summed E-state index contributed by atoms with van der Waals surface area (Å²) in [4.78, 5) is 1.03. The van der Waals surface area contributed by atoms with Crippen molar-refractivity contribution >= 4 is 23.4 Å². The fourth-order valence-electron chi connectivity index (χ4n) is 1.05. The number of benzene rings is 1. The van der Waals surface area contributed by atoms with E-state index in [0.717, 1.165) is 4.90 Å². The first-order valence-corrected chi connectivity index (χ1v) is 5.41. The van der Waals surface area contributed by atoms with Gasteiger partial charge in [-0.15, -0.1) is 0 Å². The molecule has 0 unspecified atom stereocenters. The Morgan fingerprint density at radius 2 is 1.87 bits per heavy atom. The molecule has 0 bridgehead atoms. The van der Waals surface area contributed by atoms with Gasteiger partial charge in [-0.2, -0.15) is 5.26 Å². The van der Waals surface area contributed by atoms with E-state index in [-0.39, 0.29) is 0 Å². The zero-order chi connectivity index (χ0) is 10.7. The highest BCUT2D eigenvalue weighted by molar-refractivity contribution is 7.99. The van der Waals surface area contributed by atoms with Crippen LogP contribution in [0.2, 0.25) is 5.02 Å².